The second kappa shape index (κ2) is 46.7. The van der Waals surface area contributed by atoms with Crippen molar-refractivity contribution < 1.29 is 49.3 Å². The van der Waals surface area contributed by atoms with Gasteiger partial charge < -0.3 is 45.1 Å². The molecule has 1 amide bonds. The molecule has 0 bridgehead atoms. The molecule has 1 heterocycles. The third-order valence-electron chi connectivity index (χ3n) is 13.2. The van der Waals surface area contributed by atoms with E-state index in [0.717, 1.165) is 83.5 Å². The number of nitrogens with one attached hydrogen (secondary N) is 1. The van der Waals surface area contributed by atoms with Crippen LogP contribution in [-0.4, -0.2) is 99.6 Å². The number of carbonyl (C=O) groups excluding carboxylic acids is 2. The lowest BCUT2D eigenvalue weighted by Gasteiger charge is -2.41. The number of aliphatic hydroxyl groups excluding tert-OH is 5. The van der Waals surface area contributed by atoms with Crippen LogP contribution in [0, 0.1) is 0 Å². The summed E-state index contributed by atoms with van der Waals surface area (Å²) >= 11 is 0. The smallest absolute Gasteiger partial charge is 0.306 e. The average molecular weight is 976 g/mol. The highest BCUT2D eigenvalue weighted by molar-refractivity contribution is 5.80. The van der Waals surface area contributed by atoms with Crippen LogP contribution in [0.3, 0.4) is 0 Å². The highest BCUT2D eigenvalue weighted by atomic mass is 16.7. The molecular formula is C58H105NO10. The Labute approximate surface area is 421 Å². The number of hydrogen-bond acceptors (Lipinski definition) is 10. The predicted octanol–water partition coefficient (Wildman–Crippen LogP) is 12.5. The van der Waals surface area contributed by atoms with Crippen molar-refractivity contribution in [1.29, 1.82) is 0 Å². The number of hydrogen-bond donors (Lipinski definition) is 6. The Kier molecular flexibility index (Phi) is 43.7. The Morgan fingerprint density at radius 2 is 1.04 bits per heavy atom. The number of esters is 1. The topological polar surface area (TPSA) is 175 Å². The van der Waals surface area contributed by atoms with Crippen molar-refractivity contribution in [3.63, 3.8) is 0 Å². The van der Waals surface area contributed by atoms with Gasteiger partial charge in [0, 0.05) is 6.42 Å². The monoisotopic (exact) mass is 976 g/mol. The van der Waals surface area contributed by atoms with E-state index in [1.54, 1.807) is 6.08 Å². The van der Waals surface area contributed by atoms with Crippen molar-refractivity contribution in [2.24, 2.45) is 0 Å². The Morgan fingerprint density at radius 3 is 1.57 bits per heavy atom. The number of aliphatic hydroxyl groups is 5. The molecule has 1 aliphatic heterocycles. The van der Waals surface area contributed by atoms with Gasteiger partial charge in [0.1, 0.15) is 24.4 Å². The van der Waals surface area contributed by atoms with Gasteiger partial charge in [0.2, 0.25) is 5.91 Å². The molecule has 0 aromatic carbocycles. The first-order chi connectivity index (χ1) is 33.7. The second-order valence-corrected chi connectivity index (χ2v) is 19.6. The van der Waals surface area contributed by atoms with Crippen LogP contribution in [0.4, 0.5) is 0 Å². The zero-order valence-corrected chi connectivity index (χ0v) is 44.2. The van der Waals surface area contributed by atoms with Gasteiger partial charge in [-0.05, 0) is 77.0 Å². The lowest BCUT2D eigenvalue weighted by atomic mass is 9.99. The maximum atomic E-state index is 13.3. The molecule has 0 aromatic heterocycles. The largest absolute Gasteiger partial charge is 0.454 e. The van der Waals surface area contributed by atoms with E-state index in [4.69, 9.17) is 14.2 Å². The molecule has 0 radical (unpaired) electrons. The van der Waals surface area contributed by atoms with E-state index in [1.807, 2.05) is 6.08 Å². The fourth-order valence-corrected chi connectivity index (χ4v) is 8.68. The molecule has 402 valence electrons. The summed E-state index contributed by atoms with van der Waals surface area (Å²) in [6.07, 6.45) is 44.4. The first-order valence-corrected chi connectivity index (χ1v) is 28.4. The van der Waals surface area contributed by atoms with E-state index in [2.05, 4.69) is 62.5 Å². The fourth-order valence-electron chi connectivity index (χ4n) is 8.68. The summed E-state index contributed by atoms with van der Waals surface area (Å²) < 4.78 is 17.5. The highest BCUT2D eigenvalue weighted by Crippen LogP contribution is 2.26. The third kappa shape index (κ3) is 35.4. The molecule has 11 heteroatoms. The summed E-state index contributed by atoms with van der Waals surface area (Å²) in [6.45, 7) is 5.65. The van der Waals surface area contributed by atoms with Gasteiger partial charge in [-0.2, -0.15) is 0 Å². The molecule has 1 rings (SSSR count). The van der Waals surface area contributed by atoms with E-state index < -0.39 is 67.4 Å². The molecule has 0 saturated carbocycles. The molecule has 1 aliphatic rings. The van der Waals surface area contributed by atoms with Gasteiger partial charge in [-0.1, -0.05) is 211 Å². The summed E-state index contributed by atoms with van der Waals surface area (Å²) in [5.41, 5.74) is 0. The quantitative estimate of drug-likeness (QED) is 0.0196. The van der Waals surface area contributed by atoms with Gasteiger partial charge in [0.25, 0.3) is 0 Å². The molecule has 8 atom stereocenters. The van der Waals surface area contributed by atoms with Crippen LogP contribution >= 0.6 is 0 Å². The molecule has 8 unspecified atom stereocenters. The van der Waals surface area contributed by atoms with Gasteiger partial charge >= 0.3 is 5.97 Å². The maximum absolute atomic E-state index is 13.3. The lowest BCUT2D eigenvalue weighted by Crippen LogP contribution is -2.61. The SMILES string of the molecule is CC/C=C/C/C=C/CCCCCCCCCC(=O)OC1C(OCC(NC(=O)C(O)CCCC/C=C\CCCCCCCCC)C(O)/C=C/CCCCCCCCCCCCC)OC(CO)C(O)C1O. The van der Waals surface area contributed by atoms with Crippen molar-refractivity contribution in [1.82, 2.24) is 5.32 Å². The lowest BCUT2D eigenvalue weighted by molar-refractivity contribution is -0.305. The predicted molar refractivity (Wildman–Crippen MR) is 283 cm³/mol. The summed E-state index contributed by atoms with van der Waals surface area (Å²) in [5, 5.41) is 56.7. The number of rotatable bonds is 47. The summed E-state index contributed by atoms with van der Waals surface area (Å²) in [4.78, 5) is 26.4. The molecule has 1 fully saturated rings. The summed E-state index contributed by atoms with van der Waals surface area (Å²) in [6, 6.07) is -1.03. The Balaban J connectivity index is 2.77. The maximum Gasteiger partial charge on any atom is 0.306 e. The molecular weight excluding hydrogens is 871 g/mol. The minimum Gasteiger partial charge on any atom is -0.454 e. The van der Waals surface area contributed by atoms with Crippen molar-refractivity contribution in [3.8, 4) is 0 Å². The van der Waals surface area contributed by atoms with E-state index in [1.165, 1.54) is 116 Å². The third-order valence-corrected chi connectivity index (χ3v) is 13.2. The molecule has 0 aromatic rings. The second-order valence-electron chi connectivity index (χ2n) is 19.6. The minimum absolute atomic E-state index is 0.113. The molecule has 1 saturated heterocycles. The van der Waals surface area contributed by atoms with Crippen molar-refractivity contribution in [2.75, 3.05) is 13.2 Å². The van der Waals surface area contributed by atoms with Crippen LogP contribution < -0.4 is 5.32 Å². The highest BCUT2D eigenvalue weighted by Gasteiger charge is 2.47. The number of amides is 1. The molecule has 0 aliphatic carbocycles. The normalized spacial score (nSPS) is 20.1. The molecule has 6 N–H and O–H groups in total. The molecule has 69 heavy (non-hydrogen) atoms. The van der Waals surface area contributed by atoms with Gasteiger partial charge in [0.15, 0.2) is 12.4 Å². The number of carbonyl (C=O) groups is 2. The van der Waals surface area contributed by atoms with E-state index in [9.17, 15) is 35.1 Å². The van der Waals surface area contributed by atoms with Crippen molar-refractivity contribution in [3.05, 3.63) is 48.6 Å². The van der Waals surface area contributed by atoms with Crippen LogP contribution in [0.2, 0.25) is 0 Å². The number of ether oxygens (including phenoxy) is 3. The van der Waals surface area contributed by atoms with E-state index in [0.29, 0.717) is 12.8 Å². The van der Waals surface area contributed by atoms with Crippen molar-refractivity contribution >= 4 is 11.9 Å². The van der Waals surface area contributed by atoms with Gasteiger partial charge in [0.05, 0.1) is 25.4 Å². The average Bonchev–Trinajstić information content (AvgIpc) is 3.34. The number of unbranched alkanes of at least 4 members (excludes halogenated alkanes) is 27. The first kappa shape index (κ1) is 64.6. The zero-order valence-electron chi connectivity index (χ0n) is 44.2. The Hall–Kier alpha value is -2.38. The van der Waals surface area contributed by atoms with Crippen LogP contribution in [0.25, 0.3) is 0 Å². The standard InChI is InChI=1S/C58H105NO10/c1-4-7-10-13-16-19-22-25-28-31-34-37-40-43-46-53(63)69-56-55(65)54(64)52(47-60)68-58(56)67-48-49(50(61)44-41-38-35-32-29-26-23-20-17-14-11-8-5-2)59-57(66)51(62)45-42-39-36-33-30-27-24-21-18-15-12-9-6-3/h7,10,16,19,30,33,41,44,49-52,54-56,58,60-62,64-65H,4-6,8-9,11-15,17-18,20-29,31-32,34-40,42-43,45-48H2,1-3H3,(H,59,66)/b10-7+,19-16+,33-30-,44-41+. The van der Waals surface area contributed by atoms with E-state index >= 15 is 0 Å². The number of allylic oxidation sites excluding steroid dienone is 7. The first-order valence-electron chi connectivity index (χ1n) is 28.4. The fraction of sp³-hybridized carbons (Fsp3) is 0.828. The van der Waals surface area contributed by atoms with Crippen molar-refractivity contribution in [2.45, 2.75) is 294 Å². The Morgan fingerprint density at radius 1 is 0.580 bits per heavy atom. The van der Waals surface area contributed by atoms with Gasteiger partial charge in [-0.25, -0.2) is 0 Å². The van der Waals surface area contributed by atoms with E-state index in [-0.39, 0.29) is 19.4 Å². The van der Waals surface area contributed by atoms with Crippen LogP contribution in [-0.2, 0) is 23.8 Å². The van der Waals surface area contributed by atoms with Crippen LogP contribution in [0.5, 0.6) is 0 Å². The van der Waals surface area contributed by atoms with Crippen LogP contribution in [0.1, 0.15) is 245 Å². The van der Waals surface area contributed by atoms with Crippen LogP contribution in [0.15, 0.2) is 48.6 Å². The molecule has 11 nitrogen and oxygen atoms in total. The molecule has 0 spiro atoms. The van der Waals surface area contributed by atoms with Gasteiger partial charge in [-0.15, -0.1) is 0 Å². The minimum atomic E-state index is -1.62. The summed E-state index contributed by atoms with van der Waals surface area (Å²) in [5.74, 6) is -1.22. The zero-order chi connectivity index (χ0) is 50.4. The Bertz CT molecular complexity index is 1300. The summed E-state index contributed by atoms with van der Waals surface area (Å²) in [7, 11) is 0. The van der Waals surface area contributed by atoms with Gasteiger partial charge in [-0.3, -0.25) is 9.59 Å².